The number of likely N-dealkylation sites (tertiary alicyclic amines) is 1. The van der Waals surface area contributed by atoms with Gasteiger partial charge >= 0.3 is 6.09 Å². The molecule has 0 spiro atoms. The smallest absolute Gasteiger partial charge is 0.404 e. The van der Waals surface area contributed by atoms with Gasteiger partial charge in [0.1, 0.15) is 11.9 Å². The van der Waals surface area contributed by atoms with Gasteiger partial charge in [-0.2, -0.15) is 4.98 Å². The minimum absolute atomic E-state index is 0.0702. The van der Waals surface area contributed by atoms with E-state index in [1.54, 1.807) is 6.20 Å². The number of H-pyrrole nitrogens is 1. The van der Waals surface area contributed by atoms with Crippen LogP contribution in [0.2, 0.25) is 0 Å². The first-order valence-corrected chi connectivity index (χ1v) is 10.6. The van der Waals surface area contributed by atoms with E-state index in [1.807, 2.05) is 30.5 Å². The molecule has 9 heteroatoms. The van der Waals surface area contributed by atoms with Crippen LogP contribution in [-0.2, 0) is 11.3 Å². The topological polar surface area (TPSA) is 106 Å². The van der Waals surface area contributed by atoms with Crippen LogP contribution >= 0.6 is 11.3 Å². The summed E-state index contributed by atoms with van der Waals surface area (Å²) in [6, 6.07) is 9.91. The third-order valence-electron chi connectivity index (χ3n) is 5.30. The third kappa shape index (κ3) is 3.94. The van der Waals surface area contributed by atoms with Crippen LogP contribution in [0.4, 0.5) is 4.79 Å². The number of carbonyl (C=O) groups is 1. The summed E-state index contributed by atoms with van der Waals surface area (Å²) in [7, 11) is 0. The zero-order chi connectivity index (χ0) is 20.5. The molecule has 0 aliphatic carbocycles. The van der Waals surface area contributed by atoms with E-state index in [4.69, 9.17) is 15.2 Å². The van der Waals surface area contributed by atoms with Gasteiger partial charge in [-0.3, -0.25) is 4.90 Å². The number of thiazole rings is 1. The Balaban J connectivity index is 1.26. The van der Waals surface area contributed by atoms with Gasteiger partial charge in [0.25, 0.3) is 5.19 Å². The van der Waals surface area contributed by atoms with Crippen LogP contribution in [0.3, 0.4) is 0 Å². The molecule has 3 N–H and O–H groups in total. The van der Waals surface area contributed by atoms with Crippen molar-refractivity contribution in [1.29, 1.82) is 0 Å². The Morgan fingerprint density at radius 2 is 2.17 bits per heavy atom. The molecule has 30 heavy (non-hydrogen) atoms. The highest BCUT2D eigenvalue weighted by Crippen LogP contribution is 2.32. The van der Waals surface area contributed by atoms with E-state index in [-0.39, 0.29) is 6.10 Å². The molecule has 1 amide bonds. The van der Waals surface area contributed by atoms with Crippen LogP contribution in [0.25, 0.3) is 21.3 Å². The Kier molecular flexibility index (Phi) is 4.97. The summed E-state index contributed by atoms with van der Waals surface area (Å²) in [5.41, 5.74) is 8.07. The summed E-state index contributed by atoms with van der Waals surface area (Å²) < 4.78 is 12.1. The van der Waals surface area contributed by atoms with E-state index in [1.165, 1.54) is 22.3 Å². The Morgan fingerprint density at radius 1 is 1.30 bits per heavy atom. The summed E-state index contributed by atoms with van der Waals surface area (Å²) in [5, 5.41) is 1.75. The molecule has 0 atom stereocenters. The van der Waals surface area contributed by atoms with Gasteiger partial charge in [0.2, 0.25) is 0 Å². The largest absolute Gasteiger partial charge is 0.446 e. The molecular formula is C21H21N5O3S. The SMILES string of the molecule is NC(=O)OC1CCN(Cc2c[nH]c3cc(Oc4nc5ncccc5s4)ccc23)CC1. The number of primary amides is 1. The summed E-state index contributed by atoms with van der Waals surface area (Å²) in [5.74, 6) is 0.736. The lowest BCUT2D eigenvalue weighted by atomic mass is 10.1. The molecule has 3 aromatic heterocycles. The fourth-order valence-electron chi connectivity index (χ4n) is 3.84. The molecule has 1 saturated heterocycles. The molecule has 5 rings (SSSR count). The number of nitrogens with two attached hydrogens (primary N) is 1. The van der Waals surface area contributed by atoms with Crippen molar-refractivity contribution in [2.45, 2.75) is 25.5 Å². The maximum Gasteiger partial charge on any atom is 0.404 e. The zero-order valence-corrected chi connectivity index (χ0v) is 17.0. The first-order valence-electron chi connectivity index (χ1n) is 9.82. The minimum Gasteiger partial charge on any atom is -0.446 e. The molecule has 0 saturated carbocycles. The highest BCUT2D eigenvalue weighted by molar-refractivity contribution is 7.20. The van der Waals surface area contributed by atoms with Crippen molar-refractivity contribution in [3.8, 4) is 10.9 Å². The lowest BCUT2D eigenvalue weighted by molar-refractivity contribution is 0.0542. The number of nitrogens with one attached hydrogen (secondary N) is 1. The van der Waals surface area contributed by atoms with Gasteiger partial charge in [0, 0.05) is 49.0 Å². The predicted molar refractivity (Wildman–Crippen MR) is 115 cm³/mol. The van der Waals surface area contributed by atoms with E-state index >= 15 is 0 Å². The van der Waals surface area contributed by atoms with Crippen LogP contribution in [-0.4, -0.2) is 45.1 Å². The molecule has 1 aromatic carbocycles. The molecule has 154 valence electrons. The fraction of sp³-hybridized carbons (Fsp3) is 0.286. The number of aromatic nitrogens is 3. The maximum absolute atomic E-state index is 10.9. The second kappa shape index (κ2) is 7.92. The summed E-state index contributed by atoms with van der Waals surface area (Å²) in [4.78, 5) is 25.3. The molecule has 1 aliphatic heterocycles. The standard InChI is InChI=1S/C21H21N5O3S/c22-20(27)28-14-5-8-26(9-6-14)12-13-11-24-17-10-15(3-4-16(13)17)29-21-25-19-18(30-21)2-1-7-23-19/h1-4,7,10-11,14,24H,5-6,8-9,12H2,(H2,22,27). The monoisotopic (exact) mass is 423 g/mol. The van der Waals surface area contributed by atoms with Crippen LogP contribution in [0.5, 0.6) is 10.9 Å². The van der Waals surface area contributed by atoms with Crippen molar-refractivity contribution in [2.75, 3.05) is 13.1 Å². The minimum atomic E-state index is -0.690. The Hall–Kier alpha value is -3.17. The number of benzene rings is 1. The number of pyridine rings is 1. The van der Waals surface area contributed by atoms with E-state index in [0.717, 1.165) is 48.4 Å². The van der Waals surface area contributed by atoms with Crippen LogP contribution in [0.15, 0.2) is 42.7 Å². The molecule has 4 aromatic rings. The lowest BCUT2D eigenvalue weighted by Crippen LogP contribution is -2.38. The van der Waals surface area contributed by atoms with Crippen molar-refractivity contribution >= 4 is 38.7 Å². The van der Waals surface area contributed by atoms with Crippen molar-refractivity contribution in [3.05, 3.63) is 48.3 Å². The molecule has 0 unspecified atom stereocenters. The number of ether oxygens (including phenoxy) is 2. The van der Waals surface area contributed by atoms with Gasteiger partial charge in [-0.15, -0.1) is 0 Å². The van der Waals surface area contributed by atoms with Gasteiger partial charge in [-0.25, -0.2) is 9.78 Å². The second-order valence-corrected chi connectivity index (χ2v) is 8.33. The van der Waals surface area contributed by atoms with Crippen LogP contribution < -0.4 is 10.5 Å². The van der Waals surface area contributed by atoms with Crippen molar-refractivity contribution in [1.82, 2.24) is 19.9 Å². The molecule has 8 nitrogen and oxygen atoms in total. The quantitative estimate of drug-likeness (QED) is 0.502. The summed E-state index contributed by atoms with van der Waals surface area (Å²) >= 11 is 1.48. The van der Waals surface area contributed by atoms with E-state index in [0.29, 0.717) is 10.8 Å². The van der Waals surface area contributed by atoms with E-state index in [2.05, 4.69) is 25.9 Å². The number of carbonyl (C=O) groups excluding carboxylic acids is 1. The molecule has 4 heterocycles. The maximum atomic E-state index is 10.9. The van der Waals surface area contributed by atoms with Crippen molar-refractivity contribution in [3.63, 3.8) is 0 Å². The summed E-state index contributed by atoms with van der Waals surface area (Å²) in [6.45, 7) is 2.59. The summed E-state index contributed by atoms with van der Waals surface area (Å²) in [6.07, 6.45) is 4.62. The number of aromatic amines is 1. The predicted octanol–water partition coefficient (Wildman–Crippen LogP) is 4.02. The van der Waals surface area contributed by atoms with Crippen LogP contribution in [0, 0.1) is 0 Å². The Labute approximate surface area is 176 Å². The first kappa shape index (κ1) is 18.8. The average Bonchev–Trinajstić information content (AvgIpc) is 3.32. The zero-order valence-electron chi connectivity index (χ0n) is 16.2. The fourth-order valence-corrected chi connectivity index (χ4v) is 4.64. The average molecular weight is 423 g/mol. The highest BCUT2D eigenvalue weighted by Gasteiger charge is 2.22. The van der Waals surface area contributed by atoms with E-state index < -0.39 is 6.09 Å². The molecule has 0 bridgehead atoms. The van der Waals surface area contributed by atoms with Gasteiger partial charge < -0.3 is 20.2 Å². The lowest BCUT2D eigenvalue weighted by Gasteiger charge is -2.31. The van der Waals surface area contributed by atoms with Crippen molar-refractivity contribution < 1.29 is 14.3 Å². The molecular weight excluding hydrogens is 402 g/mol. The number of nitrogens with zero attached hydrogens (tertiary/aromatic N) is 3. The Bertz CT molecular complexity index is 1160. The number of piperidine rings is 1. The number of amides is 1. The molecule has 1 fully saturated rings. The Morgan fingerprint density at radius 3 is 2.97 bits per heavy atom. The number of rotatable bonds is 5. The third-order valence-corrected chi connectivity index (χ3v) is 6.19. The number of hydrogen-bond donors (Lipinski definition) is 2. The first-order chi connectivity index (χ1) is 14.6. The van der Waals surface area contributed by atoms with Gasteiger partial charge in [0.15, 0.2) is 5.65 Å². The van der Waals surface area contributed by atoms with Crippen LogP contribution in [0.1, 0.15) is 18.4 Å². The molecule has 0 radical (unpaired) electrons. The second-order valence-electron chi connectivity index (χ2n) is 7.34. The normalized spacial score (nSPS) is 15.6. The number of hydrogen-bond acceptors (Lipinski definition) is 7. The van der Waals surface area contributed by atoms with Gasteiger partial charge in [-0.05, 0) is 42.7 Å². The highest BCUT2D eigenvalue weighted by atomic mass is 32.1. The van der Waals surface area contributed by atoms with E-state index in [9.17, 15) is 4.79 Å². The number of fused-ring (bicyclic) bond motifs is 2. The molecule has 1 aliphatic rings. The van der Waals surface area contributed by atoms with Gasteiger partial charge in [0.05, 0.1) is 4.70 Å². The van der Waals surface area contributed by atoms with Crippen molar-refractivity contribution in [2.24, 2.45) is 5.73 Å². The van der Waals surface area contributed by atoms with Gasteiger partial charge in [-0.1, -0.05) is 11.3 Å².